The minimum absolute atomic E-state index is 0.0351. The Morgan fingerprint density at radius 1 is 1.29 bits per heavy atom. The van der Waals surface area contributed by atoms with Gasteiger partial charge in [0.1, 0.15) is 12.1 Å². The standard InChI is InChI=1S/C13H24N2O2/c1-6-11-13(17)15(9(4)7-8(2)3)10(5)12(16)14-11/h8-11H,6-7H2,1-5H3,(H,14,16). The first-order valence-electron chi connectivity index (χ1n) is 6.51. The Hall–Kier alpha value is -1.06. The van der Waals surface area contributed by atoms with E-state index in [1.807, 2.05) is 13.8 Å². The van der Waals surface area contributed by atoms with E-state index < -0.39 is 0 Å². The number of hydrogen-bond donors (Lipinski definition) is 1. The van der Waals surface area contributed by atoms with Crippen molar-refractivity contribution in [2.45, 2.75) is 65.6 Å². The summed E-state index contributed by atoms with van der Waals surface area (Å²) in [5.41, 5.74) is 0. The summed E-state index contributed by atoms with van der Waals surface area (Å²) in [5, 5.41) is 2.77. The van der Waals surface area contributed by atoms with E-state index in [1.165, 1.54) is 0 Å². The molecule has 0 aromatic rings. The number of amides is 2. The van der Waals surface area contributed by atoms with Crippen molar-refractivity contribution in [3.63, 3.8) is 0 Å². The van der Waals surface area contributed by atoms with E-state index >= 15 is 0 Å². The lowest BCUT2D eigenvalue weighted by atomic mass is 9.98. The van der Waals surface area contributed by atoms with Crippen LogP contribution in [-0.2, 0) is 9.59 Å². The number of nitrogens with one attached hydrogen (secondary N) is 1. The molecule has 1 heterocycles. The number of piperazine rings is 1. The molecule has 1 saturated heterocycles. The molecule has 2 amide bonds. The normalized spacial score (nSPS) is 27.3. The van der Waals surface area contributed by atoms with E-state index in [0.717, 1.165) is 6.42 Å². The third kappa shape index (κ3) is 2.99. The summed E-state index contributed by atoms with van der Waals surface area (Å²) in [6.45, 7) is 10.0. The van der Waals surface area contributed by atoms with Crippen LogP contribution >= 0.6 is 0 Å². The molecule has 1 fully saturated rings. The first kappa shape index (κ1) is 14.0. The number of nitrogens with zero attached hydrogens (tertiary/aromatic N) is 1. The second-order valence-corrected chi connectivity index (χ2v) is 5.37. The van der Waals surface area contributed by atoms with Crippen molar-refractivity contribution in [3.8, 4) is 0 Å². The van der Waals surface area contributed by atoms with E-state index in [0.29, 0.717) is 12.3 Å². The molecular weight excluding hydrogens is 216 g/mol. The second kappa shape index (κ2) is 5.52. The second-order valence-electron chi connectivity index (χ2n) is 5.37. The monoisotopic (exact) mass is 240 g/mol. The van der Waals surface area contributed by atoms with Crippen molar-refractivity contribution in [1.82, 2.24) is 10.2 Å². The molecule has 3 unspecified atom stereocenters. The lowest BCUT2D eigenvalue weighted by Crippen LogP contribution is -2.64. The molecule has 0 radical (unpaired) electrons. The van der Waals surface area contributed by atoms with Gasteiger partial charge in [-0.3, -0.25) is 9.59 Å². The Kier molecular flexibility index (Phi) is 4.54. The largest absolute Gasteiger partial charge is 0.343 e. The molecule has 0 aliphatic carbocycles. The summed E-state index contributed by atoms with van der Waals surface area (Å²) in [6.07, 6.45) is 1.59. The van der Waals surface area contributed by atoms with Gasteiger partial charge in [0.2, 0.25) is 11.8 Å². The molecule has 4 nitrogen and oxygen atoms in total. The topological polar surface area (TPSA) is 49.4 Å². The predicted molar refractivity (Wildman–Crippen MR) is 67.4 cm³/mol. The lowest BCUT2D eigenvalue weighted by molar-refractivity contribution is -0.151. The average molecular weight is 240 g/mol. The summed E-state index contributed by atoms with van der Waals surface area (Å²) in [4.78, 5) is 25.8. The van der Waals surface area contributed by atoms with Crippen molar-refractivity contribution < 1.29 is 9.59 Å². The fourth-order valence-electron chi connectivity index (χ4n) is 2.52. The Balaban J connectivity index is 2.85. The molecule has 3 atom stereocenters. The highest BCUT2D eigenvalue weighted by molar-refractivity contribution is 5.96. The van der Waals surface area contributed by atoms with E-state index in [4.69, 9.17) is 0 Å². The highest BCUT2D eigenvalue weighted by Gasteiger charge is 2.39. The van der Waals surface area contributed by atoms with Crippen LogP contribution in [0.4, 0.5) is 0 Å². The molecule has 0 aromatic carbocycles. The van der Waals surface area contributed by atoms with Gasteiger partial charge in [-0.05, 0) is 32.6 Å². The van der Waals surface area contributed by atoms with E-state index in [1.54, 1.807) is 11.8 Å². The van der Waals surface area contributed by atoms with Gasteiger partial charge in [0.25, 0.3) is 0 Å². The SMILES string of the molecule is CCC1NC(=O)C(C)N(C(C)CC(C)C)C1=O. The molecule has 4 heteroatoms. The van der Waals surface area contributed by atoms with Gasteiger partial charge in [-0.15, -0.1) is 0 Å². The number of carbonyl (C=O) groups is 2. The predicted octanol–water partition coefficient (Wildman–Crippen LogP) is 1.55. The molecule has 0 saturated carbocycles. The van der Waals surface area contributed by atoms with Crippen LogP contribution < -0.4 is 5.32 Å². The summed E-state index contributed by atoms with van der Waals surface area (Å²) in [7, 11) is 0. The van der Waals surface area contributed by atoms with Gasteiger partial charge in [-0.1, -0.05) is 20.8 Å². The smallest absolute Gasteiger partial charge is 0.246 e. The maximum Gasteiger partial charge on any atom is 0.246 e. The van der Waals surface area contributed by atoms with E-state index in [9.17, 15) is 9.59 Å². The van der Waals surface area contributed by atoms with Gasteiger partial charge in [-0.25, -0.2) is 0 Å². The van der Waals surface area contributed by atoms with E-state index in [2.05, 4.69) is 19.2 Å². The van der Waals surface area contributed by atoms with Crippen molar-refractivity contribution in [1.29, 1.82) is 0 Å². The Bertz CT molecular complexity index is 302. The Morgan fingerprint density at radius 3 is 2.35 bits per heavy atom. The summed E-state index contributed by atoms with van der Waals surface area (Å²) < 4.78 is 0. The van der Waals surface area contributed by atoms with Crippen molar-refractivity contribution >= 4 is 11.8 Å². The molecule has 0 aromatic heterocycles. The maximum atomic E-state index is 12.2. The summed E-state index contributed by atoms with van der Waals surface area (Å²) in [5.74, 6) is 0.551. The molecular formula is C13H24N2O2. The zero-order valence-corrected chi connectivity index (χ0v) is 11.5. The number of hydrogen-bond acceptors (Lipinski definition) is 2. The Labute approximate surface area is 104 Å². The molecule has 1 N–H and O–H groups in total. The van der Waals surface area contributed by atoms with E-state index in [-0.39, 0.29) is 29.9 Å². The zero-order chi connectivity index (χ0) is 13.2. The number of carbonyl (C=O) groups excluding carboxylic acids is 2. The van der Waals surface area contributed by atoms with Gasteiger partial charge in [0.05, 0.1) is 0 Å². The molecule has 98 valence electrons. The summed E-state index contributed by atoms with van der Waals surface area (Å²) >= 11 is 0. The van der Waals surface area contributed by atoms with Crippen LogP contribution in [-0.4, -0.2) is 34.8 Å². The molecule has 1 rings (SSSR count). The summed E-state index contributed by atoms with van der Waals surface area (Å²) in [6, 6.07) is -0.565. The van der Waals surface area contributed by atoms with Crippen LogP contribution in [0.1, 0.15) is 47.5 Å². The molecule has 1 aliphatic heterocycles. The zero-order valence-electron chi connectivity index (χ0n) is 11.5. The van der Waals surface area contributed by atoms with Crippen molar-refractivity contribution in [2.75, 3.05) is 0 Å². The fourth-order valence-corrected chi connectivity index (χ4v) is 2.52. The third-order valence-electron chi connectivity index (χ3n) is 3.36. The molecule has 0 bridgehead atoms. The molecule has 1 aliphatic rings. The van der Waals surface area contributed by atoms with Crippen molar-refractivity contribution in [2.24, 2.45) is 5.92 Å². The van der Waals surface area contributed by atoms with Gasteiger partial charge >= 0.3 is 0 Å². The highest BCUT2D eigenvalue weighted by atomic mass is 16.2. The van der Waals surface area contributed by atoms with Gasteiger partial charge in [-0.2, -0.15) is 0 Å². The van der Waals surface area contributed by atoms with Gasteiger partial charge in [0.15, 0.2) is 0 Å². The quantitative estimate of drug-likeness (QED) is 0.810. The van der Waals surface area contributed by atoms with Crippen LogP contribution in [0, 0.1) is 5.92 Å². The molecule has 0 spiro atoms. The van der Waals surface area contributed by atoms with Gasteiger partial charge < -0.3 is 10.2 Å². The molecule has 17 heavy (non-hydrogen) atoms. The van der Waals surface area contributed by atoms with Crippen LogP contribution in [0.25, 0.3) is 0 Å². The number of rotatable bonds is 4. The third-order valence-corrected chi connectivity index (χ3v) is 3.36. The van der Waals surface area contributed by atoms with Crippen LogP contribution in [0.5, 0.6) is 0 Å². The highest BCUT2D eigenvalue weighted by Crippen LogP contribution is 2.19. The average Bonchev–Trinajstić information content (AvgIpc) is 2.22. The fraction of sp³-hybridized carbons (Fsp3) is 0.846. The first-order chi connectivity index (χ1) is 7.88. The van der Waals surface area contributed by atoms with Crippen LogP contribution in [0.2, 0.25) is 0 Å². The van der Waals surface area contributed by atoms with Crippen LogP contribution in [0.3, 0.4) is 0 Å². The maximum absolute atomic E-state index is 12.2. The van der Waals surface area contributed by atoms with Gasteiger partial charge in [0, 0.05) is 6.04 Å². The van der Waals surface area contributed by atoms with Crippen LogP contribution in [0.15, 0.2) is 0 Å². The lowest BCUT2D eigenvalue weighted by Gasteiger charge is -2.41. The minimum Gasteiger partial charge on any atom is -0.343 e. The first-order valence-corrected chi connectivity index (χ1v) is 6.51. The van der Waals surface area contributed by atoms with Crippen molar-refractivity contribution in [3.05, 3.63) is 0 Å². The Morgan fingerprint density at radius 2 is 1.88 bits per heavy atom. The minimum atomic E-state index is -0.348.